The van der Waals surface area contributed by atoms with E-state index < -0.39 is 11.7 Å². The molecule has 5 nitrogen and oxygen atoms in total. The van der Waals surface area contributed by atoms with Crippen LogP contribution in [-0.2, 0) is 6.18 Å². The molecule has 29 heavy (non-hydrogen) atoms. The van der Waals surface area contributed by atoms with Gasteiger partial charge in [-0.15, -0.1) is 5.10 Å². The second-order valence-corrected chi connectivity index (χ2v) is 8.23. The lowest BCUT2D eigenvalue weighted by atomic mass is 9.98. The predicted molar refractivity (Wildman–Crippen MR) is 108 cm³/mol. The van der Waals surface area contributed by atoms with Crippen molar-refractivity contribution < 1.29 is 17.6 Å². The summed E-state index contributed by atoms with van der Waals surface area (Å²) in [7, 11) is 0. The van der Waals surface area contributed by atoms with Crippen LogP contribution in [0.2, 0.25) is 0 Å². The van der Waals surface area contributed by atoms with Crippen molar-refractivity contribution in [2.75, 3.05) is 23.9 Å². The number of fused-ring (bicyclic) bond motifs is 1. The Kier molecular flexibility index (Phi) is 5.42. The van der Waals surface area contributed by atoms with Crippen molar-refractivity contribution in [1.82, 2.24) is 15.2 Å². The molecular weight excluding hydrogens is 401 g/mol. The number of pyridine rings is 1. The first kappa shape index (κ1) is 20.0. The summed E-state index contributed by atoms with van der Waals surface area (Å²) in [5, 5.41) is 11.4. The van der Waals surface area contributed by atoms with Crippen LogP contribution >= 0.6 is 11.8 Å². The Morgan fingerprint density at radius 1 is 1.21 bits per heavy atom. The Labute approximate surface area is 170 Å². The maximum absolute atomic E-state index is 13.8. The van der Waals surface area contributed by atoms with Crippen LogP contribution in [0.4, 0.5) is 19.2 Å². The van der Waals surface area contributed by atoms with Crippen molar-refractivity contribution in [3.05, 3.63) is 34.9 Å². The Hall–Kier alpha value is -2.29. The summed E-state index contributed by atoms with van der Waals surface area (Å²) in [6.45, 7) is 2.46. The van der Waals surface area contributed by atoms with Gasteiger partial charge in [0.25, 0.3) is 5.89 Å². The number of anilines is 1. The van der Waals surface area contributed by atoms with Crippen LogP contribution in [0.25, 0.3) is 22.5 Å². The first-order valence-corrected chi connectivity index (χ1v) is 10.9. The standard InChI is InChI=1S/C20H21F3N4OS/c1-11-8-16(18-26-27-19(28-18)24-6-3-7-29-2)25-17-14(11)9-13(12-4-5-12)10-15(17)20(21,22)23/h8-10,12H,3-7H2,1-2H3,(H,24,27). The fraction of sp³-hybridized carbons (Fsp3) is 0.450. The SMILES string of the molecule is CSCCCNc1nnc(-c2cc(C)c3cc(C4CC4)cc(C(F)(F)F)c3n2)o1. The highest BCUT2D eigenvalue weighted by molar-refractivity contribution is 7.98. The number of thioether (sulfide) groups is 1. The van der Waals surface area contributed by atoms with Crippen LogP contribution in [0.5, 0.6) is 0 Å². The van der Waals surface area contributed by atoms with Crippen molar-refractivity contribution in [3.8, 4) is 11.6 Å². The van der Waals surface area contributed by atoms with Crippen LogP contribution in [0.15, 0.2) is 22.6 Å². The van der Waals surface area contributed by atoms with Gasteiger partial charge in [-0.25, -0.2) is 4.98 Å². The van der Waals surface area contributed by atoms with Gasteiger partial charge < -0.3 is 9.73 Å². The van der Waals surface area contributed by atoms with Crippen LogP contribution in [0, 0.1) is 6.92 Å². The molecule has 0 radical (unpaired) electrons. The molecule has 3 aromatic rings. The van der Waals surface area contributed by atoms with E-state index in [2.05, 4.69) is 20.5 Å². The third kappa shape index (κ3) is 4.34. The van der Waals surface area contributed by atoms with Gasteiger partial charge in [-0.2, -0.15) is 24.9 Å². The molecule has 0 spiro atoms. The molecule has 9 heteroatoms. The van der Waals surface area contributed by atoms with Gasteiger partial charge >= 0.3 is 12.2 Å². The van der Waals surface area contributed by atoms with E-state index in [9.17, 15) is 13.2 Å². The lowest BCUT2D eigenvalue weighted by molar-refractivity contribution is -0.136. The van der Waals surface area contributed by atoms with Crippen molar-refractivity contribution in [1.29, 1.82) is 0 Å². The summed E-state index contributed by atoms with van der Waals surface area (Å²) in [5.74, 6) is 1.32. The summed E-state index contributed by atoms with van der Waals surface area (Å²) in [6, 6.07) is 5.01. The first-order valence-electron chi connectivity index (χ1n) is 9.46. The lowest BCUT2D eigenvalue weighted by Crippen LogP contribution is -2.08. The zero-order valence-electron chi connectivity index (χ0n) is 16.1. The Morgan fingerprint density at radius 2 is 2.00 bits per heavy atom. The number of rotatable bonds is 7. The third-order valence-corrected chi connectivity index (χ3v) is 5.64. The number of nitrogens with one attached hydrogen (secondary N) is 1. The molecule has 0 bridgehead atoms. The average Bonchev–Trinajstić information content (AvgIpc) is 3.42. The summed E-state index contributed by atoms with van der Waals surface area (Å²) >= 11 is 1.74. The molecule has 0 aliphatic heterocycles. The van der Waals surface area contributed by atoms with Gasteiger partial charge in [0, 0.05) is 11.9 Å². The summed E-state index contributed by atoms with van der Waals surface area (Å²) < 4.78 is 46.8. The highest BCUT2D eigenvalue weighted by Crippen LogP contribution is 2.45. The molecule has 1 fully saturated rings. The number of benzene rings is 1. The number of aromatic nitrogens is 3. The maximum Gasteiger partial charge on any atom is 0.418 e. The molecule has 1 N–H and O–H groups in total. The molecule has 154 valence electrons. The molecular formula is C20H21F3N4OS. The number of halogens is 3. The second-order valence-electron chi connectivity index (χ2n) is 7.25. The minimum atomic E-state index is -4.49. The maximum atomic E-state index is 13.8. The third-order valence-electron chi connectivity index (χ3n) is 4.94. The van der Waals surface area contributed by atoms with Crippen LogP contribution in [0.3, 0.4) is 0 Å². The van der Waals surface area contributed by atoms with Gasteiger partial charge in [-0.05, 0) is 73.4 Å². The van der Waals surface area contributed by atoms with Crippen molar-refractivity contribution in [2.24, 2.45) is 0 Å². The monoisotopic (exact) mass is 422 g/mol. The molecule has 0 saturated heterocycles. The van der Waals surface area contributed by atoms with E-state index in [0.29, 0.717) is 17.5 Å². The van der Waals surface area contributed by atoms with Gasteiger partial charge in [-0.3, -0.25) is 0 Å². The van der Waals surface area contributed by atoms with Crippen LogP contribution in [-0.4, -0.2) is 33.7 Å². The van der Waals surface area contributed by atoms with Crippen LogP contribution < -0.4 is 5.32 Å². The quantitative estimate of drug-likeness (QED) is 0.496. The molecule has 1 aromatic carbocycles. The predicted octanol–water partition coefficient (Wildman–Crippen LogP) is 5.65. The minimum absolute atomic E-state index is 0.0791. The van der Waals surface area contributed by atoms with Crippen molar-refractivity contribution in [2.45, 2.75) is 38.3 Å². The molecule has 0 atom stereocenters. The second kappa shape index (κ2) is 7.85. The molecule has 2 heterocycles. The highest BCUT2D eigenvalue weighted by atomic mass is 32.2. The van der Waals surface area contributed by atoms with Crippen LogP contribution in [0.1, 0.15) is 41.9 Å². The van der Waals surface area contributed by atoms with E-state index in [1.165, 1.54) is 6.07 Å². The summed E-state index contributed by atoms with van der Waals surface area (Å²) in [4.78, 5) is 4.27. The Morgan fingerprint density at radius 3 is 2.69 bits per heavy atom. The van der Waals surface area contributed by atoms with Gasteiger partial charge in [0.15, 0.2) is 0 Å². The van der Waals surface area contributed by atoms with E-state index in [1.54, 1.807) is 24.8 Å². The van der Waals surface area contributed by atoms with E-state index in [-0.39, 0.29) is 29.0 Å². The van der Waals surface area contributed by atoms with Gasteiger partial charge in [-0.1, -0.05) is 5.10 Å². The number of aryl methyl sites for hydroxylation is 1. The number of alkyl halides is 3. The largest absolute Gasteiger partial charge is 0.418 e. The molecule has 2 aromatic heterocycles. The average molecular weight is 422 g/mol. The smallest absolute Gasteiger partial charge is 0.402 e. The van der Waals surface area contributed by atoms with Gasteiger partial charge in [0.2, 0.25) is 0 Å². The Balaban J connectivity index is 1.71. The molecule has 0 unspecified atom stereocenters. The van der Waals surface area contributed by atoms with E-state index in [0.717, 1.165) is 30.6 Å². The lowest BCUT2D eigenvalue weighted by Gasteiger charge is -2.14. The molecule has 0 amide bonds. The first-order chi connectivity index (χ1) is 13.9. The Bertz CT molecular complexity index is 1030. The van der Waals surface area contributed by atoms with E-state index >= 15 is 0 Å². The highest BCUT2D eigenvalue weighted by Gasteiger charge is 2.36. The minimum Gasteiger partial charge on any atom is -0.402 e. The van der Waals surface area contributed by atoms with Gasteiger partial charge in [0.1, 0.15) is 5.69 Å². The fourth-order valence-corrected chi connectivity index (χ4v) is 3.73. The van der Waals surface area contributed by atoms with E-state index in [4.69, 9.17) is 4.42 Å². The topological polar surface area (TPSA) is 63.8 Å². The zero-order valence-corrected chi connectivity index (χ0v) is 17.0. The molecule has 1 aliphatic carbocycles. The number of hydrogen-bond donors (Lipinski definition) is 1. The summed E-state index contributed by atoms with van der Waals surface area (Å²) in [6.07, 6.45) is 0.343. The number of hydrogen-bond acceptors (Lipinski definition) is 6. The molecule has 4 rings (SSSR count). The molecule has 1 aliphatic rings. The van der Waals surface area contributed by atoms with Crippen molar-refractivity contribution in [3.63, 3.8) is 0 Å². The molecule has 1 saturated carbocycles. The summed E-state index contributed by atoms with van der Waals surface area (Å²) in [5.41, 5.74) is 0.883. The van der Waals surface area contributed by atoms with E-state index in [1.807, 2.05) is 12.3 Å². The normalized spacial score (nSPS) is 14.5. The zero-order chi connectivity index (χ0) is 20.6. The fourth-order valence-electron chi connectivity index (χ4n) is 3.30. The van der Waals surface area contributed by atoms with Crippen molar-refractivity contribution >= 4 is 28.7 Å². The number of nitrogens with zero attached hydrogens (tertiary/aromatic N) is 3. The van der Waals surface area contributed by atoms with Gasteiger partial charge in [0.05, 0.1) is 11.1 Å².